The molecule has 0 atom stereocenters. The van der Waals surface area contributed by atoms with Gasteiger partial charge in [-0.15, -0.1) is 0 Å². The third kappa shape index (κ3) is 1.59. The van der Waals surface area contributed by atoms with Crippen LogP contribution in [-0.4, -0.2) is 17.5 Å². The normalized spacial score (nSPS) is 21.0. The second-order valence-electron chi connectivity index (χ2n) is 2.53. The summed E-state index contributed by atoms with van der Waals surface area (Å²) in [6.07, 6.45) is 0. The predicted octanol–water partition coefficient (Wildman–Crippen LogP) is -0.398. The van der Waals surface area contributed by atoms with Gasteiger partial charge in [-0.2, -0.15) is 0 Å². The average Bonchev–Trinajstić information content (AvgIpc) is 1.79. The van der Waals surface area contributed by atoms with Crippen LogP contribution in [-0.2, 0) is 27.2 Å². The van der Waals surface area contributed by atoms with Crippen molar-refractivity contribution in [3.63, 3.8) is 0 Å². The van der Waals surface area contributed by atoms with E-state index in [9.17, 15) is 9.59 Å². The summed E-state index contributed by atoms with van der Waals surface area (Å²) in [5.74, 6) is -0.271. The van der Waals surface area contributed by atoms with Crippen molar-refractivity contribution in [2.75, 3.05) is 0 Å². The third-order valence-electron chi connectivity index (χ3n) is 1.22. The summed E-state index contributed by atoms with van der Waals surface area (Å²) in [7, 11) is 0. The van der Waals surface area contributed by atoms with Gasteiger partial charge >= 0.3 is 6.03 Å². The van der Waals surface area contributed by atoms with Gasteiger partial charge in [0.2, 0.25) is 0 Å². The van der Waals surface area contributed by atoms with E-state index in [2.05, 4.69) is 10.6 Å². The summed E-state index contributed by atoms with van der Waals surface area (Å²) < 4.78 is 0. The van der Waals surface area contributed by atoms with Crippen molar-refractivity contribution in [1.29, 1.82) is 0 Å². The molecule has 2 N–H and O–H groups in total. The fourth-order valence-corrected chi connectivity index (χ4v) is 0.631. The molecular weight excluding hydrogens is 228 g/mol. The van der Waals surface area contributed by atoms with Crippen molar-refractivity contribution in [1.82, 2.24) is 10.6 Å². The van der Waals surface area contributed by atoms with Crippen LogP contribution in [0.15, 0.2) is 0 Å². The maximum Gasteiger partial charge on any atom is 0.322 e. The van der Waals surface area contributed by atoms with E-state index in [0.29, 0.717) is 0 Å². The van der Waals surface area contributed by atoms with Gasteiger partial charge < -0.3 is 5.32 Å². The first kappa shape index (κ1) is 9.68. The van der Waals surface area contributed by atoms with Gasteiger partial charge in [-0.25, -0.2) is 4.79 Å². The van der Waals surface area contributed by atoms with Crippen LogP contribution in [0.5, 0.6) is 0 Å². The molecule has 10 heavy (non-hydrogen) atoms. The quantitative estimate of drug-likeness (QED) is 0.444. The Kier molecular flexibility index (Phi) is 2.65. The fourth-order valence-electron chi connectivity index (χ4n) is 0.631. The maximum absolute atomic E-state index is 10.7. The van der Waals surface area contributed by atoms with Gasteiger partial charge in [0.25, 0.3) is 5.91 Å². The standard InChI is InChI=1S/C5H8N2O2.Ag/c1-5(2)3(8)6-4(9)7-5;/h1-2H3,(H2,6,7,8,9);. The van der Waals surface area contributed by atoms with Crippen molar-refractivity contribution < 1.29 is 32.0 Å². The molecule has 0 saturated carbocycles. The van der Waals surface area contributed by atoms with Crippen molar-refractivity contribution in [2.45, 2.75) is 19.4 Å². The van der Waals surface area contributed by atoms with Crippen LogP contribution in [0.3, 0.4) is 0 Å². The molecule has 61 valence electrons. The topological polar surface area (TPSA) is 58.2 Å². The second kappa shape index (κ2) is 2.74. The first-order valence-corrected chi connectivity index (χ1v) is 2.66. The van der Waals surface area contributed by atoms with E-state index in [4.69, 9.17) is 0 Å². The molecule has 1 aliphatic heterocycles. The smallest absolute Gasteiger partial charge is 0.322 e. The Bertz CT molecular complexity index is 178. The summed E-state index contributed by atoms with van der Waals surface area (Å²) >= 11 is 0. The van der Waals surface area contributed by atoms with Crippen LogP contribution in [0.2, 0.25) is 0 Å². The predicted molar refractivity (Wildman–Crippen MR) is 30.8 cm³/mol. The van der Waals surface area contributed by atoms with Crippen LogP contribution in [0.1, 0.15) is 13.8 Å². The van der Waals surface area contributed by atoms with E-state index in [1.807, 2.05) is 0 Å². The van der Waals surface area contributed by atoms with Gasteiger partial charge in [0.05, 0.1) is 0 Å². The minimum Gasteiger partial charge on any atom is -0.324 e. The largest absolute Gasteiger partial charge is 0.324 e. The molecule has 0 aliphatic carbocycles. The summed E-state index contributed by atoms with van der Waals surface area (Å²) in [4.78, 5) is 21.1. The van der Waals surface area contributed by atoms with E-state index in [1.54, 1.807) is 13.8 Å². The Labute approximate surface area is 74.2 Å². The molecule has 1 rings (SSSR count). The minimum absolute atomic E-state index is 0. The molecule has 0 aromatic heterocycles. The fraction of sp³-hybridized carbons (Fsp3) is 0.600. The molecule has 3 amide bonds. The van der Waals surface area contributed by atoms with Gasteiger partial charge in [-0.1, -0.05) is 0 Å². The van der Waals surface area contributed by atoms with E-state index in [0.717, 1.165) is 0 Å². The molecule has 0 unspecified atom stereocenters. The molecule has 1 saturated heterocycles. The number of hydrogen-bond acceptors (Lipinski definition) is 2. The van der Waals surface area contributed by atoms with Crippen molar-refractivity contribution >= 4 is 11.9 Å². The molecule has 0 aromatic carbocycles. The van der Waals surface area contributed by atoms with E-state index < -0.39 is 11.6 Å². The Morgan fingerprint density at radius 1 is 1.30 bits per heavy atom. The Hall–Kier alpha value is -0.320. The van der Waals surface area contributed by atoms with E-state index >= 15 is 0 Å². The van der Waals surface area contributed by atoms with Crippen LogP contribution >= 0.6 is 0 Å². The second-order valence-corrected chi connectivity index (χ2v) is 2.53. The van der Waals surface area contributed by atoms with Gasteiger partial charge in [0, 0.05) is 22.4 Å². The molecule has 4 nitrogen and oxygen atoms in total. The summed E-state index contributed by atoms with van der Waals surface area (Å²) in [5.41, 5.74) is -0.725. The van der Waals surface area contributed by atoms with Crippen LogP contribution in [0.25, 0.3) is 0 Å². The maximum atomic E-state index is 10.7. The van der Waals surface area contributed by atoms with E-state index in [-0.39, 0.29) is 28.3 Å². The zero-order valence-electron chi connectivity index (χ0n) is 5.62. The Morgan fingerprint density at radius 2 is 1.80 bits per heavy atom. The van der Waals surface area contributed by atoms with Crippen LogP contribution < -0.4 is 10.6 Å². The first-order chi connectivity index (χ1) is 4.02. The summed E-state index contributed by atoms with van der Waals surface area (Å²) in [6.45, 7) is 3.29. The number of carbonyl (C=O) groups excluding carboxylic acids is 2. The Balaban J connectivity index is 0.000000810. The van der Waals surface area contributed by atoms with Crippen LogP contribution in [0.4, 0.5) is 4.79 Å². The number of amides is 3. The van der Waals surface area contributed by atoms with Crippen molar-refractivity contribution in [3.8, 4) is 0 Å². The molecule has 0 bridgehead atoms. The third-order valence-corrected chi connectivity index (χ3v) is 1.22. The number of imide groups is 1. The molecule has 0 spiro atoms. The number of carbonyl (C=O) groups is 2. The van der Waals surface area contributed by atoms with Crippen LogP contribution in [0, 0.1) is 0 Å². The number of rotatable bonds is 0. The number of hydrogen-bond donors (Lipinski definition) is 2. The zero-order valence-corrected chi connectivity index (χ0v) is 7.10. The first-order valence-electron chi connectivity index (χ1n) is 2.66. The molecule has 1 radical (unpaired) electrons. The van der Waals surface area contributed by atoms with Crippen molar-refractivity contribution in [3.05, 3.63) is 0 Å². The van der Waals surface area contributed by atoms with Gasteiger partial charge in [-0.05, 0) is 13.8 Å². The number of urea groups is 1. The van der Waals surface area contributed by atoms with Gasteiger partial charge in [-0.3, -0.25) is 10.1 Å². The average molecular weight is 236 g/mol. The molecule has 1 aliphatic rings. The van der Waals surface area contributed by atoms with Gasteiger partial charge in [0.15, 0.2) is 0 Å². The molecule has 0 aromatic rings. The zero-order chi connectivity index (χ0) is 7.07. The monoisotopic (exact) mass is 235 g/mol. The molecular formula is C5H8AgN2O2. The van der Waals surface area contributed by atoms with Crippen molar-refractivity contribution in [2.24, 2.45) is 0 Å². The SMILES string of the molecule is CC1(C)NC(=O)NC1=O.[Ag]. The summed E-state index contributed by atoms with van der Waals surface area (Å²) in [6, 6.07) is -0.412. The molecule has 1 fully saturated rings. The summed E-state index contributed by atoms with van der Waals surface area (Å²) in [5, 5.41) is 4.56. The van der Waals surface area contributed by atoms with E-state index in [1.165, 1.54) is 0 Å². The van der Waals surface area contributed by atoms with Gasteiger partial charge in [0.1, 0.15) is 5.54 Å². The minimum atomic E-state index is -0.725. The molecule has 1 heterocycles. The molecule has 5 heteroatoms. The Morgan fingerprint density at radius 3 is 1.90 bits per heavy atom. The number of nitrogens with one attached hydrogen (secondary N) is 2.